The molecule has 1 aromatic rings. The van der Waals surface area contributed by atoms with Crippen LogP contribution in [0.25, 0.3) is 0 Å². The van der Waals surface area contributed by atoms with Gasteiger partial charge in [-0.2, -0.15) is 0 Å². The molecule has 0 saturated carbocycles. The Bertz CT molecular complexity index is 1090. The number of hydrogen-bond acceptors (Lipinski definition) is 12. The van der Waals surface area contributed by atoms with Crippen LogP contribution in [0.4, 0.5) is 5.69 Å². The average Bonchev–Trinajstić information content (AvgIpc) is 2.92. The normalized spacial score (nSPS) is 21.6. The molecule has 234 valence electrons. The lowest BCUT2D eigenvalue weighted by atomic mass is 9.97. The number of nitrogen functional groups attached to an aromatic ring is 1. The molecule has 0 unspecified atom stereocenters. The number of hydrogen-bond donors (Lipinski definition) is 2. The van der Waals surface area contributed by atoms with Gasteiger partial charge in [0, 0.05) is 31.4 Å². The topological polar surface area (TPSA) is 187 Å². The van der Waals surface area contributed by atoms with E-state index in [1.807, 2.05) is 0 Å². The Morgan fingerprint density at radius 2 is 1.26 bits per heavy atom. The van der Waals surface area contributed by atoms with Crippen molar-refractivity contribution in [3.05, 3.63) is 23.8 Å². The number of ether oxygens (including phenoxy) is 6. The zero-order valence-electron chi connectivity index (χ0n) is 24.5. The van der Waals surface area contributed by atoms with Crippen LogP contribution in [0.15, 0.2) is 18.2 Å². The van der Waals surface area contributed by atoms with E-state index in [4.69, 9.17) is 34.2 Å². The molecule has 0 radical (unpaired) electrons. The Kier molecular flexibility index (Phi) is 14.0. The summed E-state index contributed by atoms with van der Waals surface area (Å²) in [6.07, 6.45) is -5.10. The van der Waals surface area contributed by atoms with Gasteiger partial charge in [-0.05, 0) is 43.9 Å². The SMILES string of the molecule is CCCC(=O)OC[C@H]1O[C@@H](Oc2ccc(N)cc2C(=O)O)[C@H](OC(=O)CCC)[C@@H](OC(=O)CCC)[C@@H]1OC(=O)CCC. The van der Waals surface area contributed by atoms with E-state index in [2.05, 4.69) is 0 Å². The van der Waals surface area contributed by atoms with Crippen LogP contribution in [-0.4, -0.2) is 72.3 Å². The second-order valence-corrected chi connectivity index (χ2v) is 9.77. The molecule has 0 aromatic heterocycles. The van der Waals surface area contributed by atoms with E-state index < -0.39 is 67.2 Å². The first-order chi connectivity index (χ1) is 20.0. The standard InChI is InChI=1S/C29H41NO12/c1-5-9-21(31)37-16-20-25(40-22(32)10-6-2)26(41-23(33)11-7-3)27(42-24(34)12-8-4)29(39-20)38-19-14-13-17(30)15-18(19)28(35)36/h13-15,20,25-27,29H,5-12,16,30H2,1-4H3,(H,35,36)/t20-,25-,26+,27-,29-/m1/s1. The first-order valence-electron chi connectivity index (χ1n) is 14.2. The van der Waals surface area contributed by atoms with Gasteiger partial charge in [-0.1, -0.05) is 27.7 Å². The van der Waals surface area contributed by atoms with Gasteiger partial charge in [-0.15, -0.1) is 0 Å². The first kappa shape index (κ1) is 34.3. The minimum Gasteiger partial charge on any atom is -0.478 e. The minimum atomic E-state index is -1.57. The second-order valence-electron chi connectivity index (χ2n) is 9.77. The molecule has 42 heavy (non-hydrogen) atoms. The predicted octanol–water partition coefficient (Wildman–Crippen LogP) is 3.55. The van der Waals surface area contributed by atoms with Crippen molar-refractivity contribution in [2.75, 3.05) is 12.3 Å². The van der Waals surface area contributed by atoms with Gasteiger partial charge in [-0.25, -0.2) is 4.79 Å². The number of anilines is 1. The predicted molar refractivity (Wildman–Crippen MR) is 147 cm³/mol. The van der Waals surface area contributed by atoms with Gasteiger partial charge >= 0.3 is 29.8 Å². The average molecular weight is 596 g/mol. The molecule has 13 nitrogen and oxygen atoms in total. The summed E-state index contributed by atoms with van der Waals surface area (Å²) < 4.78 is 34.5. The van der Waals surface area contributed by atoms with Crippen LogP contribution in [0.1, 0.15) is 89.4 Å². The number of rotatable bonds is 16. The lowest BCUT2D eigenvalue weighted by Crippen LogP contribution is -2.64. The molecule has 0 spiro atoms. The first-order valence-corrected chi connectivity index (χ1v) is 14.2. The summed E-state index contributed by atoms with van der Waals surface area (Å²) in [4.78, 5) is 62.3. The molecule has 1 aliphatic rings. The monoisotopic (exact) mass is 595 g/mol. The Balaban J connectivity index is 2.62. The van der Waals surface area contributed by atoms with Crippen molar-refractivity contribution in [3.63, 3.8) is 0 Å². The van der Waals surface area contributed by atoms with Crippen LogP contribution in [0.3, 0.4) is 0 Å². The fourth-order valence-corrected chi connectivity index (χ4v) is 4.15. The van der Waals surface area contributed by atoms with Crippen LogP contribution in [-0.2, 0) is 42.9 Å². The molecule has 13 heteroatoms. The third-order valence-corrected chi connectivity index (χ3v) is 6.10. The molecule has 5 atom stereocenters. The second kappa shape index (κ2) is 17.2. The van der Waals surface area contributed by atoms with Crippen molar-refractivity contribution < 1.29 is 57.5 Å². The summed E-state index contributed by atoms with van der Waals surface area (Å²) in [5, 5.41) is 9.72. The highest BCUT2D eigenvalue weighted by Gasteiger charge is 2.54. The maximum Gasteiger partial charge on any atom is 0.339 e. The molecule has 3 N–H and O–H groups in total. The Hall–Kier alpha value is -3.87. The lowest BCUT2D eigenvalue weighted by molar-refractivity contribution is -0.289. The summed E-state index contributed by atoms with van der Waals surface area (Å²) in [5.41, 5.74) is 5.61. The zero-order valence-corrected chi connectivity index (χ0v) is 24.5. The molecule has 0 aliphatic carbocycles. The molecule has 1 saturated heterocycles. The van der Waals surface area contributed by atoms with Crippen LogP contribution >= 0.6 is 0 Å². The molecule has 1 aromatic carbocycles. The smallest absolute Gasteiger partial charge is 0.339 e. The maximum atomic E-state index is 12.8. The highest BCUT2D eigenvalue weighted by molar-refractivity contribution is 5.92. The molecule has 0 amide bonds. The Morgan fingerprint density at radius 3 is 1.79 bits per heavy atom. The van der Waals surface area contributed by atoms with Crippen molar-refractivity contribution in [2.24, 2.45) is 0 Å². The largest absolute Gasteiger partial charge is 0.478 e. The molecule has 1 fully saturated rings. The van der Waals surface area contributed by atoms with E-state index in [0.29, 0.717) is 25.7 Å². The molecular formula is C29H41NO12. The summed E-state index contributed by atoms with van der Waals surface area (Å²) in [6.45, 7) is 6.66. The summed E-state index contributed by atoms with van der Waals surface area (Å²) in [6, 6.07) is 3.88. The van der Waals surface area contributed by atoms with Crippen molar-refractivity contribution in [2.45, 2.75) is 110 Å². The van der Waals surface area contributed by atoms with Crippen LogP contribution in [0, 0.1) is 0 Å². The van der Waals surface area contributed by atoms with Gasteiger partial charge in [0.1, 0.15) is 24.0 Å². The van der Waals surface area contributed by atoms with Crippen LogP contribution < -0.4 is 10.5 Å². The van der Waals surface area contributed by atoms with Gasteiger partial charge in [-0.3, -0.25) is 19.2 Å². The summed E-state index contributed by atoms with van der Waals surface area (Å²) in [5.74, 6) is -4.07. The van der Waals surface area contributed by atoms with Crippen molar-refractivity contribution in [1.82, 2.24) is 0 Å². The fourth-order valence-electron chi connectivity index (χ4n) is 4.15. The van der Waals surface area contributed by atoms with Crippen LogP contribution in [0.5, 0.6) is 5.75 Å². The third-order valence-electron chi connectivity index (χ3n) is 6.10. The zero-order chi connectivity index (χ0) is 31.2. The quantitative estimate of drug-likeness (QED) is 0.161. The van der Waals surface area contributed by atoms with Gasteiger partial charge in [0.05, 0.1) is 0 Å². The molecule has 1 heterocycles. The Labute approximate surface area is 244 Å². The third kappa shape index (κ3) is 10.2. The number of aromatic carboxylic acids is 1. The molecule has 1 aliphatic heterocycles. The minimum absolute atomic E-state index is 0.000554. The fraction of sp³-hybridized carbons (Fsp3) is 0.621. The van der Waals surface area contributed by atoms with Crippen molar-refractivity contribution in [3.8, 4) is 5.75 Å². The van der Waals surface area contributed by atoms with E-state index in [0.717, 1.165) is 0 Å². The van der Waals surface area contributed by atoms with E-state index in [1.165, 1.54) is 18.2 Å². The number of nitrogens with two attached hydrogens (primary N) is 1. The number of carbonyl (C=O) groups is 5. The summed E-state index contributed by atoms with van der Waals surface area (Å²) in [7, 11) is 0. The maximum absolute atomic E-state index is 12.8. The van der Waals surface area contributed by atoms with E-state index in [1.54, 1.807) is 27.7 Å². The van der Waals surface area contributed by atoms with Gasteiger partial charge in [0.15, 0.2) is 12.2 Å². The van der Waals surface area contributed by atoms with Gasteiger partial charge in [0.25, 0.3) is 0 Å². The lowest BCUT2D eigenvalue weighted by Gasteiger charge is -2.44. The number of carbonyl (C=O) groups excluding carboxylic acids is 4. The molecule has 2 rings (SSSR count). The van der Waals surface area contributed by atoms with Crippen molar-refractivity contribution >= 4 is 35.5 Å². The van der Waals surface area contributed by atoms with E-state index in [-0.39, 0.29) is 42.7 Å². The molecular weight excluding hydrogens is 554 g/mol. The number of benzene rings is 1. The van der Waals surface area contributed by atoms with Gasteiger partial charge in [0.2, 0.25) is 12.4 Å². The van der Waals surface area contributed by atoms with E-state index >= 15 is 0 Å². The number of esters is 4. The van der Waals surface area contributed by atoms with E-state index in [9.17, 15) is 29.1 Å². The van der Waals surface area contributed by atoms with Gasteiger partial charge < -0.3 is 39.3 Å². The number of carboxylic acid groups (broad SMARTS) is 1. The highest BCUT2D eigenvalue weighted by Crippen LogP contribution is 2.33. The summed E-state index contributed by atoms with van der Waals surface area (Å²) >= 11 is 0. The van der Waals surface area contributed by atoms with Crippen LogP contribution in [0.2, 0.25) is 0 Å². The highest BCUT2D eigenvalue weighted by atomic mass is 16.7. The molecule has 0 bridgehead atoms. The Morgan fingerprint density at radius 1 is 0.762 bits per heavy atom. The van der Waals surface area contributed by atoms with Crippen molar-refractivity contribution in [1.29, 1.82) is 0 Å². The number of carboxylic acids is 1.